The summed E-state index contributed by atoms with van der Waals surface area (Å²) >= 11 is 2.26. The molecule has 0 N–H and O–H groups in total. The molecular weight excluding hydrogens is 457 g/mol. The van der Waals surface area contributed by atoms with E-state index in [0.717, 1.165) is 14.9 Å². The lowest BCUT2D eigenvalue weighted by atomic mass is 10.2. The van der Waals surface area contributed by atoms with Crippen LogP contribution in [0.2, 0.25) is 0 Å². The molecule has 8 heteroatoms. The van der Waals surface area contributed by atoms with Gasteiger partial charge in [0.1, 0.15) is 5.69 Å². The summed E-state index contributed by atoms with van der Waals surface area (Å²) in [6.07, 6.45) is 0. The fourth-order valence-electron chi connectivity index (χ4n) is 2.63. The number of halogens is 1. The third-order valence-corrected chi connectivity index (χ3v) is 4.86. The van der Waals surface area contributed by atoms with Crippen molar-refractivity contribution in [3.05, 3.63) is 92.5 Å². The zero-order valence-corrected chi connectivity index (χ0v) is 16.1. The Morgan fingerprint density at radius 1 is 0.926 bits per heavy atom. The van der Waals surface area contributed by atoms with Crippen LogP contribution in [0.15, 0.2) is 78.9 Å². The van der Waals surface area contributed by atoms with Gasteiger partial charge in [-0.1, -0.05) is 30.3 Å². The van der Waals surface area contributed by atoms with Crippen LogP contribution < -0.4 is 4.80 Å². The van der Waals surface area contributed by atoms with Gasteiger partial charge in [0, 0.05) is 16.9 Å². The number of rotatable bonds is 4. The van der Waals surface area contributed by atoms with Gasteiger partial charge in [0.05, 0.1) is 19.2 Å². The fourth-order valence-corrected chi connectivity index (χ4v) is 3.23. The standard InChI is InChI=1S/C19H13IN5O2/c20-17-8-4-5-9-18(17)24-22-19(14-10-12-16(13-11-14)25(26)27)21-23(24)15-6-2-1-3-7-15/h1-13H/q+1. The summed E-state index contributed by atoms with van der Waals surface area (Å²) < 4.78 is 1.03. The van der Waals surface area contributed by atoms with Gasteiger partial charge in [0.2, 0.25) is 0 Å². The van der Waals surface area contributed by atoms with Gasteiger partial charge in [-0.15, -0.1) is 0 Å². The first-order valence-electron chi connectivity index (χ1n) is 8.08. The van der Waals surface area contributed by atoms with Crippen LogP contribution >= 0.6 is 22.6 Å². The van der Waals surface area contributed by atoms with Crippen molar-refractivity contribution in [3.63, 3.8) is 0 Å². The van der Waals surface area contributed by atoms with E-state index in [1.54, 1.807) is 21.7 Å². The Bertz CT molecular complexity index is 1110. The molecule has 1 aromatic heterocycles. The molecule has 0 radical (unpaired) electrons. The van der Waals surface area contributed by atoms with E-state index in [9.17, 15) is 10.1 Å². The normalized spacial score (nSPS) is 10.7. The zero-order valence-electron chi connectivity index (χ0n) is 13.9. The van der Waals surface area contributed by atoms with Crippen LogP contribution in [0.5, 0.6) is 0 Å². The van der Waals surface area contributed by atoms with Gasteiger partial charge >= 0.3 is 5.82 Å². The van der Waals surface area contributed by atoms with Gasteiger partial charge < -0.3 is 0 Å². The maximum atomic E-state index is 10.9. The molecule has 0 fully saturated rings. The Morgan fingerprint density at radius 3 is 2.26 bits per heavy atom. The van der Waals surface area contributed by atoms with Crippen LogP contribution in [0, 0.1) is 13.7 Å². The number of hydrogen-bond donors (Lipinski definition) is 0. The number of nitro benzene ring substituents is 1. The van der Waals surface area contributed by atoms with Crippen molar-refractivity contribution in [3.8, 4) is 22.8 Å². The van der Waals surface area contributed by atoms with Gasteiger partial charge in [-0.2, -0.15) is 0 Å². The molecule has 0 atom stereocenters. The topological polar surface area (TPSA) is 77.7 Å². The molecule has 0 aliphatic heterocycles. The third-order valence-electron chi connectivity index (χ3n) is 3.95. The van der Waals surface area contributed by atoms with E-state index in [2.05, 4.69) is 32.8 Å². The average molecular weight is 470 g/mol. The molecule has 3 aromatic carbocycles. The van der Waals surface area contributed by atoms with E-state index in [1.165, 1.54) is 12.1 Å². The molecule has 7 nitrogen and oxygen atoms in total. The minimum atomic E-state index is -0.424. The Labute approximate surface area is 168 Å². The predicted molar refractivity (Wildman–Crippen MR) is 108 cm³/mol. The molecule has 0 amide bonds. The lowest BCUT2D eigenvalue weighted by Crippen LogP contribution is -2.43. The number of non-ortho nitro benzene ring substituents is 1. The Kier molecular flexibility index (Phi) is 4.63. The first kappa shape index (κ1) is 17.3. The predicted octanol–water partition coefficient (Wildman–Crippen LogP) is 3.72. The summed E-state index contributed by atoms with van der Waals surface area (Å²) in [7, 11) is 0. The highest BCUT2D eigenvalue weighted by Crippen LogP contribution is 2.20. The van der Waals surface area contributed by atoms with E-state index in [0.29, 0.717) is 11.4 Å². The van der Waals surface area contributed by atoms with Gasteiger partial charge in [-0.3, -0.25) is 10.1 Å². The van der Waals surface area contributed by atoms with Crippen molar-refractivity contribution < 1.29 is 9.72 Å². The highest BCUT2D eigenvalue weighted by molar-refractivity contribution is 14.1. The molecule has 0 saturated carbocycles. The summed E-state index contributed by atoms with van der Waals surface area (Å²) in [4.78, 5) is 13.9. The number of para-hydroxylation sites is 2. The second kappa shape index (κ2) is 7.23. The summed E-state index contributed by atoms with van der Waals surface area (Å²) in [6, 6.07) is 23.8. The van der Waals surface area contributed by atoms with Crippen LogP contribution in [-0.4, -0.2) is 19.9 Å². The Hall–Kier alpha value is -3.14. The molecule has 1 heterocycles. The summed E-state index contributed by atoms with van der Waals surface area (Å²) in [5.41, 5.74) is 2.49. The highest BCUT2D eigenvalue weighted by atomic mass is 127. The fraction of sp³-hybridized carbons (Fsp3) is 0. The summed E-state index contributed by atoms with van der Waals surface area (Å²) in [5.74, 6) is 0.480. The lowest BCUT2D eigenvalue weighted by molar-refractivity contribution is -0.735. The van der Waals surface area contributed by atoms with Gasteiger partial charge in [0.25, 0.3) is 5.69 Å². The van der Waals surface area contributed by atoms with Crippen LogP contribution in [0.1, 0.15) is 0 Å². The molecule has 0 unspecified atom stereocenters. The molecule has 0 saturated heterocycles. The second-order valence-corrected chi connectivity index (χ2v) is 6.86. The summed E-state index contributed by atoms with van der Waals surface area (Å²) in [5, 5.41) is 20.2. The molecule has 0 aliphatic carbocycles. The first-order valence-corrected chi connectivity index (χ1v) is 9.16. The molecule has 132 valence electrons. The van der Waals surface area contributed by atoms with Gasteiger partial charge in [-0.25, -0.2) is 0 Å². The first-order chi connectivity index (χ1) is 13.1. The maximum Gasteiger partial charge on any atom is 0.340 e. The van der Waals surface area contributed by atoms with Crippen molar-refractivity contribution in [2.75, 3.05) is 0 Å². The summed E-state index contributed by atoms with van der Waals surface area (Å²) in [6.45, 7) is 0. The minimum Gasteiger partial charge on any atom is -0.258 e. The Balaban J connectivity index is 1.88. The number of benzene rings is 3. The highest BCUT2D eigenvalue weighted by Gasteiger charge is 2.24. The van der Waals surface area contributed by atoms with E-state index in [-0.39, 0.29) is 5.69 Å². The van der Waals surface area contributed by atoms with E-state index in [1.807, 2.05) is 54.6 Å². The van der Waals surface area contributed by atoms with E-state index in [4.69, 9.17) is 0 Å². The second-order valence-electron chi connectivity index (χ2n) is 5.69. The molecule has 0 bridgehead atoms. The largest absolute Gasteiger partial charge is 0.340 e. The van der Waals surface area contributed by atoms with Crippen molar-refractivity contribution in [1.29, 1.82) is 0 Å². The van der Waals surface area contributed by atoms with Crippen molar-refractivity contribution >= 4 is 28.3 Å². The Morgan fingerprint density at radius 2 is 1.59 bits per heavy atom. The molecule has 27 heavy (non-hydrogen) atoms. The van der Waals surface area contributed by atoms with E-state index >= 15 is 0 Å². The molecule has 0 aliphatic rings. The van der Waals surface area contributed by atoms with Crippen LogP contribution in [0.25, 0.3) is 22.8 Å². The number of aromatic nitrogens is 4. The van der Waals surface area contributed by atoms with Gasteiger partial charge in [0.15, 0.2) is 5.69 Å². The molecular formula is C19H13IN5O2+. The monoisotopic (exact) mass is 470 g/mol. The quantitative estimate of drug-likeness (QED) is 0.197. The van der Waals surface area contributed by atoms with Crippen molar-refractivity contribution in [1.82, 2.24) is 15.0 Å². The smallest absolute Gasteiger partial charge is 0.258 e. The van der Waals surface area contributed by atoms with Crippen molar-refractivity contribution in [2.45, 2.75) is 0 Å². The zero-order chi connectivity index (χ0) is 18.8. The molecule has 4 rings (SSSR count). The average Bonchev–Trinajstić information content (AvgIpc) is 3.14. The number of nitro groups is 1. The molecule has 0 spiro atoms. The van der Waals surface area contributed by atoms with E-state index < -0.39 is 4.92 Å². The number of tetrazole rings is 1. The van der Waals surface area contributed by atoms with Crippen LogP contribution in [-0.2, 0) is 0 Å². The SMILES string of the molecule is O=[N+]([O-])c1ccc(-c2nn(-c3ccccc3)[n+](-c3ccccc3I)n2)cc1. The number of nitrogens with zero attached hydrogens (tertiary/aromatic N) is 5. The van der Waals surface area contributed by atoms with Crippen LogP contribution in [0.4, 0.5) is 5.69 Å². The number of hydrogen-bond acceptors (Lipinski definition) is 4. The van der Waals surface area contributed by atoms with Crippen molar-refractivity contribution in [2.24, 2.45) is 0 Å². The van der Waals surface area contributed by atoms with Crippen LogP contribution in [0.3, 0.4) is 0 Å². The third kappa shape index (κ3) is 3.43. The minimum absolute atomic E-state index is 0.0340. The maximum absolute atomic E-state index is 10.9. The molecule has 4 aromatic rings. The van der Waals surface area contributed by atoms with Gasteiger partial charge in [-0.05, 0) is 68.9 Å². The lowest BCUT2D eigenvalue weighted by Gasteiger charge is -2.01.